The van der Waals surface area contributed by atoms with Gasteiger partial charge in [-0.2, -0.15) is 0 Å². The lowest BCUT2D eigenvalue weighted by molar-refractivity contribution is 0.0256. The lowest BCUT2D eigenvalue weighted by Crippen LogP contribution is -2.21. The molecule has 2 aliphatic heterocycles. The zero-order valence-electron chi connectivity index (χ0n) is 14.1. The number of aromatic amines is 1. The molecule has 5 nitrogen and oxygen atoms in total. The maximum atomic E-state index is 15.0. The number of carbonyl (C=O) groups is 1. The van der Waals surface area contributed by atoms with Crippen LogP contribution in [0, 0.1) is 5.82 Å². The van der Waals surface area contributed by atoms with Gasteiger partial charge >= 0.3 is 0 Å². The van der Waals surface area contributed by atoms with Gasteiger partial charge in [-0.3, -0.25) is 9.63 Å². The average molecular weight is 351 g/mol. The quantitative estimate of drug-likeness (QED) is 0.661. The number of nitrogens with one attached hydrogen (secondary N) is 3. The second kappa shape index (κ2) is 5.93. The summed E-state index contributed by atoms with van der Waals surface area (Å²) in [6, 6.07) is 11.1. The fourth-order valence-electron chi connectivity index (χ4n) is 4.03. The second-order valence-corrected chi connectivity index (χ2v) is 6.81. The van der Waals surface area contributed by atoms with Crippen molar-refractivity contribution in [2.75, 3.05) is 6.54 Å². The Morgan fingerprint density at radius 3 is 2.88 bits per heavy atom. The summed E-state index contributed by atoms with van der Waals surface area (Å²) < 4.78 is 15.0. The van der Waals surface area contributed by atoms with Crippen LogP contribution in [0.2, 0.25) is 0 Å². The minimum Gasteiger partial charge on any atom is -0.354 e. The predicted octanol–water partition coefficient (Wildman–Crippen LogP) is 3.57. The number of H-pyrrole nitrogens is 1. The van der Waals surface area contributed by atoms with Gasteiger partial charge < -0.3 is 10.3 Å². The summed E-state index contributed by atoms with van der Waals surface area (Å²) in [7, 11) is 0. The van der Waals surface area contributed by atoms with Crippen molar-refractivity contribution in [3.8, 4) is 11.3 Å². The molecule has 3 heterocycles. The number of rotatable bonds is 2. The molecule has 0 bridgehead atoms. The third-order valence-corrected chi connectivity index (χ3v) is 5.28. The Balaban J connectivity index is 1.66. The van der Waals surface area contributed by atoms with Crippen molar-refractivity contribution in [3.63, 3.8) is 0 Å². The molecule has 3 N–H and O–H groups in total. The third-order valence-electron chi connectivity index (χ3n) is 5.28. The van der Waals surface area contributed by atoms with Gasteiger partial charge in [0.2, 0.25) is 0 Å². The van der Waals surface area contributed by atoms with Crippen molar-refractivity contribution < 1.29 is 14.0 Å². The third kappa shape index (κ3) is 2.34. The first-order valence-corrected chi connectivity index (χ1v) is 8.81. The molecule has 1 atom stereocenters. The first-order chi connectivity index (χ1) is 12.7. The molecular weight excluding hydrogens is 333 g/mol. The summed E-state index contributed by atoms with van der Waals surface area (Å²) in [5.41, 5.74) is 6.66. The van der Waals surface area contributed by atoms with Crippen molar-refractivity contribution in [2.45, 2.75) is 25.5 Å². The normalized spacial score (nSPS) is 19.6. The van der Waals surface area contributed by atoms with Gasteiger partial charge in [-0.15, -0.1) is 0 Å². The van der Waals surface area contributed by atoms with Crippen LogP contribution >= 0.6 is 0 Å². The largest absolute Gasteiger partial charge is 0.354 e. The minimum atomic E-state index is -0.289. The van der Waals surface area contributed by atoms with Gasteiger partial charge in [-0.1, -0.05) is 12.1 Å². The van der Waals surface area contributed by atoms with Crippen LogP contribution in [0.1, 0.15) is 40.4 Å². The lowest BCUT2D eigenvalue weighted by Gasteiger charge is -2.12. The topological polar surface area (TPSA) is 66.2 Å². The Labute approximate surface area is 149 Å². The van der Waals surface area contributed by atoms with Crippen LogP contribution in [-0.4, -0.2) is 17.4 Å². The molecule has 2 aromatic carbocycles. The van der Waals surface area contributed by atoms with Gasteiger partial charge in [0.05, 0.1) is 11.3 Å². The van der Waals surface area contributed by atoms with E-state index in [1.165, 1.54) is 0 Å². The van der Waals surface area contributed by atoms with Crippen molar-refractivity contribution in [2.24, 2.45) is 0 Å². The number of carbonyl (C=O) groups excluding carboxylic acids is 1. The SMILES string of the molecule is O=C1NOCc2c(-c3ccc([C@@H]4CCCN4)cc3F)[nH]c3cccc1c23. The average Bonchev–Trinajstić information content (AvgIpc) is 3.26. The van der Waals surface area contributed by atoms with Crippen molar-refractivity contribution in [1.29, 1.82) is 0 Å². The van der Waals surface area contributed by atoms with Gasteiger partial charge in [0.15, 0.2) is 0 Å². The smallest absolute Gasteiger partial charge is 0.275 e. The van der Waals surface area contributed by atoms with E-state index in [0.717, 1.165) is 41.4 Å². The summed E-state index contributed by atoms with van der Waals surface area (Å²) in [5, 5.41) is 4.18. The number of hydrogen-bond acceptors (Lipinski definition) is 3. The van der Waals surface area contributed by atoms with Gasteiger partial charge in [0.25, 0.3) is 5.91 Å². The van der Waals surface area contributed by atoms with Gasteiger partial charge in [0, 0.05) is 28.1 Å². The highest BCUT2D eigenvalue weighted by molar-refractivity contribution is 6.09. The molecule has 3 aromatic rings. The van der Waals surface area contributed by atoms with E-state index < -0.39 is 0 Å². The molecule has 1 saturated heterocycles. The van der Waals surface area contributed by atoms with E-state index >= 15 is 0 Å². The molecule has 26 heavy (non-hydrogen) atoms. The molecular formula is C20H18FN3O2. The van der Waals surface area contributed by atoms with Gasteiger partial charge in [-0.05, 0) is 49.2 Å². The van der Waals surface area contributed by atoms with E-state index in [-0.39, 0.29) is 24.4 Å². The molecule has 0 saturated carbocycles. The van der Waals surface area contributed by atoms with Crippen LogP contribution in [-0.2, 0) is 11.4 Å². The highest BCUT2D eigenvalue weighted by Gasteiger charge is 2.25. The van der Waals surface area contributed by atoms with Crippen molar-refractivity contribution >= 4 is 16.8 Å². The molecule has 6 heteroatoms. The summed E-state index contributed by atoms with van der Waals surface area (Å²) in [6.07, 6.45) is 2.14. The Morgan fingerprint density at radius 1 is 1.15 bits per heavy atom. The molecule has 0 unspecified atom stereocenters. The van der Waals surface area contributed by atoms with Crippen LogP contribution in [0.3, 0.4) is 0 Å². The maximum Gasteiger partial charge on any atom is 0.275 e. The number of benzene rings is 2. The highest BCUT2D eigenvalue weighted by atomic mass is 19.1. The van der Waals surface area contributed by atoms with Crippen LogP contribution in [0.25, 0.3) is 22.2 Å². The van der Waals surface area contributed by atoms with Gasteiger partial charge in [0.1, 0.15) is 12.4 Å². The Morgan fingerprint density at radius 2 is 2.08 bits per heavy atom. The summed E-state index contributed by atoms with van der Waals surface area (Å²) >= 11 is 0. The Hall–Kier alpha value is -2.70. The molecule has 132 valence electrons. The fraction of sp³-hybridized carbons (Fsp3) is 0.250. The summed E-state index contributed by atoms with van der Waals surface area (Å²) in [5.74, 6) is -0.563. The number of aromatic nitrogens is 1. The molecule has 1 amide bonds. The fourth-order valence-corrected chi connectivity index (χ4v) is 4.03. The van der Waals surface area contributed by atoms with Crippen molar-refractivity contribution in [3.05, 3.63) is 58.9 Å². The molecule has 0 aliphatic carbocycles. The van der Waals surface area contributed by atoms with Crippen LogP contribution in [0.15, 0.2) is 36.4 Å². The number of hydroxylamine groups is 1. The van der Waals surface area contributed by atoms with E-state index in [9.17, 15) is 9.18 Å². The summed E-state index contributed by atoms with van der Waals surface area (Å²) in [4.78, 5) is 20.7. The molecule has 1 fully saturated rings. The first kappa shape index (κ1) is 15.5. The Bertz CT molecular complexity index is 1020. The minimum absolute atomic E-state index is 0.184. The number of amides is 1. The summed E-state index contributed by atoms with van der Waals surface area (Å²) in [6.45, 7) is 1.16. The second-order valence-electron chi connectivity index (χ2n) is 6.81. The number of halogens is 1. The zero-order valence-corrected chi connectivity index (χ0v) is 14.1. The molecule has 1 aromatic heterocycles. The van der Waals surface area contributed by atoms with E-state index in [1.54, 1.807) is 18.2 Å². The van der Waals surface area contributed by atoms with Crippen LogP contribution in [0.5, 0.6) is 0 Å². The maximum absolute atomic E-state index is 15.0. The molecule has 2 aliphatic rings. The zero-order chi connectivity index (χ0) is 17.7. The Kier molecular flexibility index (Phi) is 3.55. The monoisotopic (exact) mass is 351 g/mol. The highest BCUT2D eigenvalue weighted by Crippen LogP contribution is 2.36. The lowest BCUT2D eigenvalue weighted by atomic mass is 9.99. The van der Waals surface area contributed by atoms with Crippen molar-refractivity contribution in [1.82, 2.24) is 15.8 Å². The van der Waals surface area contributed by atoms with Crippen LogP contribution in [0.4, 0.5) is 4.39 Å². The predicted molar refractivity (Wildman–Crippen MR) is 95.9 cm³/mol. The standard InChI is InChI=1S/C20H18FN3O2/c21-15-9-11(16-5-2-8-22-16)6-7-12(15)19-14-10-26-24-20(25)13-3-1-4-17(23-19)18(13)14/h1,3-4,6-7,9,16,22-23H,2,5,8,10H2,(H,24,25)/t16-/m0/s1. The van der Waals surface area contributed by atoms with E-state index in [4.69, 9.17) is 4.84 Å². The van der Waals surface area contributed by atoms with E-state index in [0.29, 0.717) is 16.8 Å². The molecule has 0 spiro atoms. The first-order valence-electron chi connectivity index (χ1n) is 8.81. The molecule has 0 radical (unpaired) electrons. The number of hydrogen-bond donors (Lipinski definition) is 3. The van der Waals surface area contributed by atoms with Crippen LogP contribution < -0.4 is 10.8 Å². The van der Waals surface area contributed by atoms with E-state index in [2.05, 4.69) is 15.8 Å². The van der Waals surface area contributed by atoms with Gasteiger partial charge in [-0.25, -0.2) is 9.87 Å². The van der Waals surface area contributed by atoms with E-state index in [1.807, 2.05) is 18.2 Å². The molecule has 5 rings (SSSR count).